The molecule has 1 N–H and O–H groups in total. The average Bonchev–Trinajstić information content (AvgIpc) is 2.40. The van der Waals surface area contributed by atoms with Crippen molar-refractivity contribution in [2.24, 2.45) is 0 Å². The molecule has 0 saturated carbocycles. The van der Waals surface area contributed by atoms with E-state index in [9.17, 15) is 0 Å². The van der Waals surface area contributed by atoms with Crippen molar-refractivity contribution in [3.8, 4) is 5.75 Å². The highest BCUT2D eigenvalue weighted by atomic mass is 16.5. The first-order valence-electron chi connectivity index (χ1n) is 7.45. The third-order valence-electron chi connectivity index (χ3n) is 3.20. The fraction of sp³-hybridized carbons (Fsp3) is 0.444. The molecule has 0 heterocycles. The first-order chi connectivity index (χ1) is 9.63. The molecule has 1 aromatic carbocycles. The summed E-state index contributed by atoms with van der Waals surface area (Å²) in [5.41, 5.74) is 0. The third-order valence-corrected chi connectivity index (χ3v) is 3.20. The molecule has 0 aliphatic carbocycles. The molecule has 0 spiro atoms. The Kier molecular flexibility index (Phi) is 7.56. The van der Waals surface area contributed by atoms with E-state index in [4.69, 9.17) is 9.84 Å². The molecule has 20 heavy (non-hydrogen) atoms. The van der Waals surface area contributed by atoms with Crippen molar-refractivity contribution >= 4 is 12.7 Å². The zero-order chi connectivity index (χ0) is 14.8. The van der Waals surface area contributed by atoms with Crippen LogP contribution in [0.25, 0.3) is 12.7 Å². The van der Waals surface area contributed by atoms with Crippen LogP contribution in [-0.2, 0) is 0 Å². The predicted molar refractivity (Wildman–Crippen MR) is 86.3 cm³/mol. The van der Waals surface area contributed by atoms with Gasteiger partial charge in [0, 0.05) is 0 Å². The molecule has 0 amide bonds. The van der Waals surface area contributed by atoms with Crippen molar-refractivity contribution in [2.75, 3.05) is 6.61 Å². The number of rotatable bonds is 9. The van der Waals surface area contributed by atoms with Gasteiger partial charge in [-0.1, -0.05) is 58.3 Å². The molecule has 0 saturated heterocycles. The monoisotopic (exact) mass is 274 g/mol. The Bertz CT molecular complexity index is 517. The number of hydrogen-bond acceptors (Lipinski definition) is 2. The largest absolute Gasteiger partial charge is 0.509 e. The van der Waals surface area contributed by atoms with E-state index in [1.807, 2.05) is 18.2 Å². The van der Waals surface area contributed by atoms with Gasteiger partial charge in [0.2, 0.25) is 0 Å². The summed E-state index contributed by atoms with van der Waals surface area (Å²) in [5, 5.41) is 10.9. The molecule has 0 atom stereocenters. The Morgan fingerprint density at radius 3 is 2.55 bits per heavy atom. The lowest BCUT2D eigenvalue weighted by molar-refractivity contribution is 0.304. The molecule has 0 aliphatic rings. The van der Waals surface area contributed by atoms with E-state index in [-0.39, 0.29) is 5.76 Å². The maximum absolute atomic E-state index is 9.15. The Balaban J connectivity index is 2.37. The van der Waals surface area contributed by atoms with Crippen molar-refractivity contribution in [1.82, 2.24) is 0 Å². The van der Waals surface area contributed by atoms with E-state index in [1.165, 1.54) is 32.1 Å². The van der Waals surface area contributed by atoms with E-state index in [1.54, 1.807) is 6.08 Å². The molecule has 1 rings (SSSR count). The van der Waals surface area contributed by atoms with Gasteiger partial charge in [-0.05, 0) is 35.1 Å². The summed E-state index contributed by atoms with van der Waals surface area (Å²) in [6, 6.07) is 5.69. The van der Waals surface area contributed by atoms with Gasteiger partial charge in [0.05, 0.1) is 6.61 Å². The van der Waals surface area contributed by atoms with Gasteiger partial charge < -0.3 is 9.84 Å². The van der Waals surface area contributed by atoms with Crippen molar-refractivity contribution in [1.29, 1.82) is 0 Å². The Hall–Kier alpha value is -1.70. The van der Waals surface area contributed by atoms with Crippen LogP contribution in [0.15, 0.2) is 30.5 Å². The average molecular weight is 274 g/mol. The SMILES string of the molecule is C=C(O)/C=c1/ccc(OCCCCCCCC)cc1=C. The summed E-state index contributed by atoms with van der Waals surface area (Å²) in [7, 11) is 0. The van der Waals surface area contributed by atoms with Gasteiger partial charge in [-0.25, -0.2) is 0 Å². The lowest BCUT2D eigenvalue weighted by Crippen LogP contribution is -2.22. The highest BCUT2D eigenvalue weighted by molar-refractivity contribution is 5.42. The molecule has 0 aromatic heterocycles. The van der Waals surface area contributed by atoms with Crippen LogP contribution in [0.4, 0.5) is 0 Å². The van der Waals surface area contributed by atoms with Crippen molar-refractivity contribution in [3.05, 3.63) is 41.0 Å². The van der Waals surface area contributed by atoms with E-state index in [0.717, 1.165) is 29.2 Å². The number of aliphatic hydroxyl groups is 1. The summed E-state index contributed by atoms with van der Waals surface area (Å²) in [6.07, 6.45) is 9.16. The van der Waals surface area contributed by atoms with Gasteiger partial charge in [0.15, 0.2) is 0 Å². The van der Waals surface area contributed by atoms with Crippen LogP contribution in [0.1, 0.15) is 45.4 Å². The van der Waals surface area contributed by atoms with Crippen molar-refractivity contribution in [2.45, 2.75) is 45.4 Å². The van der Waals surface area contributed by atoms with Gasteiger partial charge in [-0.15, -0.1) is 0 Å². The second-order valence-electron chi connectivity index (χ2n) is 5.11. The van der Waals surface area contributed by atoms with Gasteiger partial charge in [-0.2, -0.15) is 0 Å². The molecule has 110 valence electrons. The van der Waals surface area contributed by atoms with Gasteiger partial charge in [-0.3, -0.25) is 0 Å². The predicted octanol–water partition coefficient (Wildman–Crippen LogP) is 3.69. The van der Waals surface area contributed by atoms with E-state index >= 15 is 0 Å². The minimum Gasteiger partial charge on any atom is -0.509 e. The lowest BCUT2D eigenvalue weighted by Gasteiger charge is -2.06. The molecule has 0 fully saturated rings. The van der Waals surface area contributed by atoms with Gasteiger partial charge in [0.1, 0.15) is 11.5 Å². The standard InChI is InChI=1S/C18H26O2/c1-4-5-6-7-8-9-12-20-18-11-10-17(14-16(3)19)15(2)13-18/h10-11,13-14,19H,2-9,12H2,1H3/b17-14-. The Morgan fingerprint density at radius 1 is 1.20 bits per heavy atom. The van der Waals surface area contributed by atoms with E-state index in [2.05, 4.69) is 20.1 Å². The molecule has 0 bridgehead atoms. The summed E-state index contributed by atoms with van der Waals surface area (Å²) in [4.78, 5) is 0. The summed E-state index contributed by atoms with van der Waals surface area (Å²) < 4.78 is 5.71. The second kappa shape index (κ2) is 9.24. The minimum absolute atomic E-state index is 0.0376. The van der Waals surface area contributed by atoms with Crippen LogP contribution in [0.2, 0.25) is 0 Å². The quantitative estimate of drug-likeness (QED) is 0.550. The number of allylic oxidation sites excluding steroid dienone is 1. The number of benzene rings is 1. The molecule has 0 radical (unpaired) electrons. The maximum Gasteiger partial charge on any atom is 0.119 e. The van der Waals surface area contributed by atoms with Gasteiger partial charge in [0.25, 0.3) is 0 Å². The van der Waals surface area contributed by atoms with Crippen LogP contribution >= 0.6 is 0 Å². The lowest BCUT2D eigenvalue weighted by atomic mass is 10.1. The topological polar surface area (TPSA) is 29.5 Å². The molecule has 2 heteroatoms. The fourth-order valence-corrected chi connectivity index (χ4v) is 2.06. The zero-order valence-electron chi connectivity index (χ0n) is 12.5. The maximum atomic E-state index is 9.15. The highest BCUT2D eigenvalue weighted by Crippen LogP contribution is 2.08. The molecule has 1 aromatic rings. The van der Waals surface area contributed by atoms with E-state index < -0.39 is 0 Å². The zero-order valence-corrected chi connectivity index (χ0v) is 12.5. The number of ether oxygens (including phenoxy) is 1. The Labute approximate surface area is 122 Å². The molecular formula is C18H26O2. The van der Waals surface area contributed by atoms with Crippen LogP contribution in [0.5, 0.6) is 5.75 Å². The minimum atomic E-state index is 0.0376. The highest BCUT2D eigenvalue weighted by Gasteiger charge is 1.95. The van der Waals surface area contributed by atoms with Gasteiger partial charge >= 0.3 is 0 Å². The van der Waals surface area contributed by atoms with Crippen LogP contribution in [0.3, 0.4) is 0 Å². The third kappa shape index (κ3) is 6.46. The number of hydrogen-bond donors (Lipinski definition) is 1. The first-order valence-corrected chi connectivity index (χ1v) is 7.45. The molecule has 2 nitrogen and oxygen atoms in total. The van der Waals surface area contributed by atoms with Crippen LogP contribution in [-0.4, -0.2) is 11.7 Å². The second-order valence-corrected chi connectivity index (χ2v) is 5.11. The summed E-state index contributed by atoms with van der Waals surface area (Å²) >= 11 is 0. The van der Waals surface area contributed by atoms with Crippen LogP contribution < -0.4 is 15.2 Å². The van der Waals surface area contributed by atoms with E-state index in [0.29, 0.717) is 0 Å². The molecule has 0 unspecified atom stereocenters. The summed E-state index contributed by atoms with van der Waals surface area (Å²) in [6.45, 7) is 10.4. The van der Waals surface area contributed by atoms with Crippen LogP contribution in [0, 0.1) is 0 Å². The molecular weight excluding hydrogens is 248 g/mol. The van der Waals surface area contributed by atoms with Crippen molar-refractivity contribution < 1.29 is 9.84 Å². The number of unbranched alkanes of at least 4 members (excludes halogenated alkanes) is 5. The fourth-order valence-electron chi connectivity index (χ4n) is 2.06. The smallest absolute Gasteiger partial charge is 0.119 e. The number of aliphatic hydroxyl groups excluding tert-OH is 1. The summed E-state index contributed by atoms with van der Waals surface area (Å²) in [5.74, 6) is 0.875. The Morgan fingerprint density at radius 2 is 1.90 bits per heavy atom. The molecule has 0 aliphatic heterocycles. The first kappa shape index (κ1) is 16.4. The van der Waals surface area contributed by atoms with Crippen molar-refractivity contribution in [3.63, 3.8) is 0 Å². The normalized spacial score (nSPS) is 11.6.